The molecule has 0 spiro atoms. The Morgan fingerprint density at radius 1 is 0.531 bits per heavy atom. The van der Waals surface area contributed by atoms with Gasteiger partial charge in [0, 0.05) is 12.0 Å². The number of ether oxygens (including phenoxy) is 7. The van der Waals surface area contributed by atoms with E-state index in [1.54, 1.807) is 84.9 Å². The Bertz CT molecular complexity index is 2510. The molecule has 0 fully saturated rings. The SMILES string of the molecule is C=Cc1ccc(OC(CC(=O)O)c2ccc(O)c(OC)c2)c(OC)c1.COc1cc(Cc2cc(C)cc(OC)c2O)ccc1O.COc1ccc(Cc2ccc(O)c(OC)c2)cc1O. The summed E-state index contributed by atoms with van der Waals surface area (Å²) in [4.78, 5) is 11.2. The zero-order chi connectivity index (χ0) is 46.9. The molecular weight excluding hydrogens is 825 g/mol. The highest BCUT2D eigenvalue weighted by Crippen LogP contribution is 2.38. The molecule has 0 bridgehead atoms. The second-order valence-electron chi connectivity index (χ2n) is 14.1. The molecule has 14 nitrogen and oxygen atoms in total. The zero-order valence-corrected chi connectivity index (χ0v) is 36.7. The summed E-state index contributed by atoms with van der Waals surface area (Å²) in [5.41, 5.74) is 6.07. The fourth-order valence-corrected chi connectivity index (χ4v) is 6.42. The topological polar surface area (TPSA) is 203 Å². The van der Waals surface area contributed by atoms with Gasteiger partial charge in [0.25, 0.3) is 0 Å². The predicted molar refractivity (Wildman–Crippen MR) is 242 cm³/mol. The van der Waals surface area contributed by atoms with Crippen molar-refractivity contribution in [2.75, 3.05) is 42.7 Å². The van der Waals surface area contributed by atoms with Gasteiger partial charge in [-0.1, -0.05) is 49.1 Å². The van der Waals surface area contributed by atoms with Gasteiger partial charge in [0.1, 0.15) is 6.10 Å². The van der Waals surface area contributed by atoms with Crippen LogP contribution in [0.25, 0.3) is 6.08 Å². The summed E-state index contributed by atoms with van der Waals surface area (Å²) in [6, 6.07) is 29.1. The number of aliphatic carboxylic acids is 1. The molecule has 1 unspecified atom stereocenters. The van der Waals surface area contributed by atoms with Gasteiger partial charge >= 0.3 is 5.97 Å². The van der Waals surface area contributed by atoms with Gasteiger partial charge in [-0.05, 0) is 113 Å². The van der Waals surface area contributed by atoms with E-state index in [-0.39, 0.29) is 40.9 Å². The smallest absolute Gasteiger partial charge is 0.307 e. The molecule has 0 aromatic heterocycles. The Balaban J connectivity index is 0.000000213. The fraction of sp³-hybridized carbons (Fsp3) is 0.220. The lowest BCUT2D eigenvalue weighted by Crippen LogP contribution is -2.13. The first kappa shape index (κ1) is 48.8. The Labute approximate surface area is 372 Å². The van der Waals surface area contributed by atoms with Gasteiger partial charge in [0.05, 0.1) is 49.1 Å². The molecule has 0 aliphatic rings. The average molecular weight is 879 g/mol. The molecule has 6 aromatic rings. The van der Waals surface area contributed by atoms with E-state index in [4.69, 9.17) is 33.2 Å². The molecule has 338 valence electrons. The first-order chi connectivity index (χ1) is 30.7. The standard InChI is InChI=1S/C19H20O6.C16H18O4.C15H16O4/c1-4-12-5-8-15(18(9-12)24-3)25-16(11-19(21)22)13-6-7-14(20)17(10-13)23-2;1-10-6-12(16(18)15(7-10)20-3)8-11-4-5-13(17)14(9-11)19-2;1-18-14-6-4-10(8-13(14)17)7-11-3-5-12(16)15(9-11)19-2/h4-10,16,20H,1,11H2,2-3H3,(H,21,22);4-7,9,17-18H,8H2,1-3H3;3-6,8-9,16-17H,7H2,1-2H3. The second-order valence-corrected chi connectivity index (χ2v) is 14.1. The van der Waals surface area contributed by atoms with Gasteiger partial charge in [-0.2, -0.15) is 0 Å². The lowest BCUT2D eigenvalue weighted by atomic mass is 10.0. The van der Waals surface area contributed by atoms with E-state index in [0.29, 0.717) is 52.9 Å². The number of methoxy groups -OCH3 is 6. The molecule has 0 amide bonds. The lowest BCUT2D eigenvalue weighted by molar-refractivity contribution is -0.138. The van der Waals surface area contributed by atoms with E-state index < -0.39 is 12.1 Å². The summed E-state index contributed by atoms with van der Waals surface area (Å²) < 4.78 is 36.6. The fourth-order valence-electron chi connectivity index (χ4n) is 6.42. The number of carboxylic acids is 1. The third-order valence-electron chi connectivity index (χ3n) is 9.68. The zero-order valence-electron chi connectivity index (χ0n) is 36.7. The Kier molecular flexibility index (Phi) is 17.8. The predicted octanol–water partition coefficient (Wildman–Crippen LogP) is 9.37. The van der Waals surface area contributed by atoms with Gasteiger partial charge in [0.2, 0.25) is 0 Å². The maximum atomic E-state index is 11.2. The van der Waals surface area contributed by atoms with Gasteiger partial charge in [-0.3, -0.25) is 4.79 Å². The molecule has 0 aliphatic heterocycles. The van der Waals surface area contributed by atoms with Gasteiger partial charge in [-0.15, -0.1) is 0 Å². The highest BCUT2D eigenvalue weighted by Gasteiger charge is 2.21. The minimum Gasteiger partial charge on any atom is -0.504 e. The molecule has 0 saturated heterocycles. The number of phenols is 5. The van der Waals surface area contributed by atoms with Gasteiger partial charge in [0.15, 0.2) is 69.0 Å². The van der Waals surface area contributed by atoms with Crippen LogP contribution in [0.3, 0.4) is 0 Å². The van der Waals surface area contributed by atoms with Crippen LogP contribution >= 0.6 is 0 Å². The van der Waals surface area contributed by atoms with Crippen molar-refractivity contribution in [3.05, 3.63) is 149 Å². The van der Waals surface area contributed by atoms with Crippen molar-refractivity contribution in [1.29, 1.82) is 0 Å². The highest BCUT2D eigenvalue weighted by atomic mass is 16.5. The van der Waals surface area contributed by atoms with E-state index in [1.165, 1.54) is 48.7 Å². The monoisotopic (exact) mass is 878 g/mol. The molecule has 14 heteroatoms. The molecule has 6 N–H and O–H groups in total. The number of hydrogen-bond acceptors (Lipinski definition) is 13. The van der Waals surface area contributed by atoms with Crippen molar-refractivity contribution >= 4 is 12.0 Å². The van der Waals surface area contributed by atoms with E-state index in [2.05, 4.69) is 6.58 Å². The van der Waals surface area contributed by atoms with Crippen LogP contribution in [-0.2, 0) is 17.6 Å². The van der Waals surface area contributed by atoms with Crippen LogP contribution in [0.4, 0.5) is 0 Å². The molecule has 64 heavy (non-hydrogen) atoms. The minimum absolute atomic E-state index is 0.0340. The molecule has 0 heterocycles. The number of aryl methyl sites for hydroxylation is 1. The van der Waals surface area contributed by atoms with E-state index in [0.717, 1.165) is 33.4 Å². The molecule has 0 aliphatic carbocycles. The number of carbonyl (C=O) groups is 1. The van der Waals surface area contributed by atoms with Crippen molar-refractivity contribution in [1.82, 2.24) is 0 Å². The maximum absolute atomic E-state index is 11.2. The van der Waals surface area contributed by atoms with Crippen molar-refractivity contribution in [2.24, 2.45) is 0 Å². The van der Waals surface area contributed by atoms with E-state index in [9.17, 15) is 35.4 Å². The molecule has 6 aromatic carbocycles. The summed E-state index contributed by atoms with van der Waals surface area (Å²) in [6.07, 6.45) is 1.79. The third kappa shape index (κ3) is 13.3. The van der Waals surface area contributed by atoms with Crippen LogP contribution in [0.15, 0.2) is 110 Å². The summed E-state index contributed by atoms with van der Waals surface area (Å²) in [7, 11) is 8.99. The molecule has 0 saturated carbocycles. The van der Waals surface area contributed by atoms with Crippen LogP contribution in [0.2, 0.25) is 0 Å². The van der Waals surface area contributed by atoms with Crippen molar-refractivity contribution < 1.29 is 68.6 Å². The number of hydrogen-bond donors (Lipinski definition) is 6. The largest absolute Gasteiger partial charge is 0.504 e. The van der Waals surface area contributed by atoms with Crippen molar-refractivity contribution in [2.45, 2.75) is 32.3 Å². The average Bonchev–Trinajstić information content (AvgIpc) is 3.29. The molecule has 0 radical (unpaired) electrons. The third-order valence-corrected chi connectivity index (χ3v) is 9.68. The van der Waals surface area contributed by atoms with Crippen LogP contribution in [0.5, 0.6) is 69.0 Å². The van der Waals surface area contributed by atoms with Crippen LogP contribution < -0.4 is 33.2 Å². The summed E-state index contributed by atoms with van der Waals surface area (Å²) in [6.45, 7) is 5.65. The number of phenolic OH excluding ortho intramolecular Hbond substituents is 5. The molecule has 6 rings (SSSR count). The van der Waals surface area contributed by atoms with Gasteiger partial charge < -0.3 is 63.8 Å². The Morgan fingerprint density at radius 3 is 1.56 bits per heavy atom. The van der Waals surface area contributed by atoms with Crippen molar-refractivity contribution in [3.8, 4) is 69.0 Å². The number of rotatable bonds is 16. The minimum atomic E-state index is -1.02. The lowest BCUT2D eigenvalue weighted by Gasteiger charge is -2.20. The number of benzene rings is 6. The van der Waals surface area contributed by atoms with Crippen LogP contribution in [0, 0.1) is 6.92 Å². The normalized spacial score (nSPS) is 10.7. The maximum Gasteiger partial charge on any atom is 0.307 e. The second kappa shape index (κ2) is 23.4. The number of aromatic hydroxyl groups is 5. The van der Waals surface area contributed by atoms with Gasteiger partial charge in [-0.25, -0.2) is 0 Å². The van der Waals surface area contributed by atoms with E-state index >= 15 is 0 Å². The molecule has 1 atom stereocenters. The Hall–Kier alpha value is -7.87. The quantitative estimate of drug-likeness (QED) is 0.0537. The number of carboxylic acid groups (broad SMARTS) is 1. The highest BCUT2D eigenvalue weighted by molar-refractivity contribution is 5.68. The first-order valence-corrected chi connectivity index (χ1v) is 19.7. The summed E-state index contributed by atoms with van der Waals surface area (Å²) in [5.74, 6) is 2.32. The first-order valence-electron chi connectivity index (χ1n) is 19.7. The van der Waals surface area contributed by atoms with E-state index in [1.807, 2.05) is 25.1 Å². The molecular formula is C50H54O14. The van der Waals surface area contributed by atoms with Crippen LogP contribution in [0.1, 0.15) is 51.5 Å². The van der Waals surface area contributed by atoms with Crippen molar-refractivity contribution in [3.63, 3.8) is 0 Å². The summed E-state index contributed by atoms with van der Waals surface area (Å²) >= 11 is 0. The Morgan fingerprint density at radius 2 is 1.03 bits per heavy atom. The van der Waals surface area contributed by atoms with Crippen LogP contribution in [-0.4, -0.2) is 79.3 Å². The summed E-state index contributed by atoms with van der Waals surface area (Å²) in [5, 5.41) is 57.9.